The van der Waals surface area contributed by atoms with E-state index in [4.69, 9.17) is 11.6 Å². The third-order valence-electron chi connectivity index (χ3n) is 3.79. The summed E-state index contributed by atoms with van der Waals surface area (Å²) < 4.78 is 14.0. The van der Waals surface area contributed by atoms with Crippen molar-refractivity contribution in [2.24, 2.45) is 0 Å². The smallest absolute Gasteiger partial charge is 0.123 e. The average Bonchev–Trinajstić information content (AvgIpc) is 2.86. The van der Waals surface area contributed by atoms with Gasteiger partial charge in [0.1, 0.15) is 5.82 Å². The lowest BCUT2D eigenvalue weighted by Gasteiger charge is -2.35. The molecule has 0 aliphatic heterocycles. The third-order valence-corrected chi connectivity index (χ3v) is 5.08. The zero-order chi connectivity index (χ0) is 15.5. The van der Waals surface area contributed by atoms with Crippen LogP contribution in [0, 0.1) is 5.82 Å². The van der Waals surface area contributed by atoms with Gasteiger partial charge in [0.25, 0.3) is 0 Å². The topological polar surface area (TPSA) is 12.0 Å². The summed E-state index contributed by atoms with van der Waals surface area (Å²) in [5.74, 6) is -0.202. The third kappa shape index (κ3) is 3.85. The van der Waals surface area contributed by atoms with E-state index in [0.29, 0.717) is 0 Å². The summed E-state index contributed by atoms with van der Waals surface area (Å²) in [7, 11) is 0. The van der Waals surface area contributed by atoms with E-state index in [1.54, 1.807) is 11.3 Å². The first kappa shape index (κ1) is 16.5. The molecule has 4 heteroatoms. The molecule has 0 amide bonds. The van der Waals surface area contributed by atoms with Crippen LogP contribution in [0.15, 0.2) is 36.4 Å². The molecule has 1 N–H and O–H groups in total. The van der Waals surface area contributed by atoms with Crippen molar-refractivity contribution in [3.8, 4) is 0 Å². The van der Waals surface area contributed by atoms with Crippen LogP contribution in [0.1, 0.15) is 43.7 Å². The molecule has 114 valence electrons. The summed E-state index contributed by atoms with van der Waals surface area (Å²) in [4.78, 5) is 1.21. The molecule has 1 nitrogen and oxygen atoms in total. The van der Waals surface area contributed by atoms with Crippen molar-refractivity contribution >= 4 is 22.9 Å². The van der Waals surface area contributed by atoms with Crippen LogP contribution >= 0.6 is 22.9 Å². The largest absolute Gasteiger partial charge is 0.309 e. The first-order chi connectivity index (χ1) is 9.95. The maximum absolute atomic E-state index is 13.2. The highest BCUT2D eigenvalue weighted by Gasteiger charge is 2.33. The van der Waals surface area contributed by atoms with E-state index in [0.717, 1.165) is 22.9 Å². The molecule has 2 rings (SSSR count). The Morgan fingerprint density at radius 3 is 2.38 bits per heavy atom. The monoisotopic (exact) mass is 325 g/mol. The minimum Gasteiger partial charge on any atom is -0.309 e. The van der Waals surface area contributed by atoms with Gasteiger partial charge in [-0.2, -0.15) is 0 Å². The summed E-state index contributed by atoms with van der Waals surface area (Å²) in [5.41, 5.74) is 0.957. The lowest BCUT2D eigenvalue weighted by molar-refractivity contribution is 0.352. The van der Waals surface area contributed by atoms with E-state index in [1.165, 1.54) is 17.0 Å². The fourth-order valence-corrected chi connectivity index (χ4v) is 3.85. The Morgan fingerprint density at radius 1 is 1.19 bits per heavy atom. The molecule has 1 aromatic carbocycles. The zero-order valence-electron chi connectivity index (χ0n) is 12.6. The van der Waals surface area contributed by atoms with E-state index in [9.17, 15) is 4.39 Å². The summed E-state index contributed by atoms with van der Waals surface area (Å²) in [6.45, 7) is 7.45. The molecule has 2 aromatic rings. The Kier molecular flexibility index (Phi) is 5.42. The highest BCUT2D eigenvalue weighted by Crippen LogP contribution is 2.40. The second kappa shape index (κ2) is 6.91. The first-order valence-corrected chi connectivity index (χ1v) is 8.39. The van der Waals surface area contributed by atoms with Crippen LogP contribution in [0.5, 0.6) is 0 Å². The van der Waals surface area contributed by atoms with Gasteiger partial charge in [-0.1, -0.05) is 44.5 Å². The molecule has 1 unspecified atom stereocenters. The van der Waals surface area contributed by atoms with Gasteiger partial charge in [0.05, 0.1) is 10.4 Å². The molecule has 0 fully saturated rings. The SMILES string of the molecule is CCCNC(c1ccc(Cl)s1)C(C)(C)c1ccc(F)cc1. The van der Waals surface area contributed by atoms with Crippen LogP contribution in [-0.4, -0.2) is 6.54 Å². The Labute approximate surface area is 135 Å². The lowest BCUT2D eigenvalue weighted by Crippen LogP contribution is -2.37. The number of halogens is 2. The quantitative estimate of drug-likeness (QED) is 0.733. The summed E-state index contributed by atoms with van der Waals surface area (Å²) >= 11 is 7.70. The number of nitrogens with one attached hydrogen (secondary N) is 1. The van der Waals surface area contributed by atoms with Gasteiger partial charge in [0.2, 0.25) is 0 Å². The van der Waals surface area contributed by atoms with Crippen molar-refractivity contribution in [1.82, 2.24) is 5.32 Å². The molecular formula is C17H21ClFNS. The fraction of sp³-hybridized carbons (Fsp3) is 0.412. The molecule has 0 spiro atoms. The van der Waals surface area contributed by atoms with E-state index in [2.05, 4.69) is 32.2 Å². The molecule has 1 atom stereocenters. The number of benzene rings is 1. The van der Waals surface area contributed by atoms with Crippen molar-refractivity contribution in [1.29, 1.82) is 0 Å². The lowest BCUT2D eigenvalue weighted by atomic mass is 9.77. The molecule has 0 bridgehead atoms. The Morgan fingerprint density at radius 2 is 1.86 bits per heavy atom. The second-order valence-corrected chi connectivity index (χ2v) is 7.50. The first-order valence-electron chi connectivity index (χ1n) is 7.19. The molecule has 0 radical (unpaired) electrons. The number of hydrogen-bond donors (Lipinski definition) is 1. The Balaban J connectivity index is 2.36. The van der Waals surface area contributed by atoms with E-state index < -0.39 is 0 Å². The van der Waals surface area contributed by atoms with Gasteiger partial charge in [-0.15, -0.1) is 11.3 Å². The standard InChI is InChI=1S/C17H21ClFNS/c1-4-11-20-16(14-9-10-15(18)21-14)17(2,3)12-5-7-13(19)8-6-12/h5-10,16,20H,4,11H2,1-3H3. The molecular weight excluding hydrogens is 305 g/mol. The van der Waals surface area contributed by atoms with Gasteiger partial charge in [-0.05, 0) is 42.8 Å². The van der Waals surface area contributed by atoms with Crippen molar-refractivity contribution in [3.05, 3.63) is 57.0 Å². The van der Waals surface area contributed by atoms with Crippen molar-refractivity contribution in [2.45, 2.75) is 38.6 Å². The van der Waals surface area contributed by atoms with E-state index in [-0.39, 0.29) is 17.3 Å². The molecule has 1 heterocycles. The highest BCUT2D eigenvalue weighted by molar-refractivity contribution is 7.16. The molecule has 0 aliphatic rings. The fourth-order valence-electron chi connectivity index (χ4n) is 2.53. The Hall–Kier alpha value is -0.900. The van der Waals surface area contributed by atoms with Gasteiger partial charge >= 0.3 is 0 Å². The summed E-state index contributed by atoms with van der Waals surface area (Å²) in [6, 6.07) is 10.9. The molecule has 1 aromatic heterocycles. The number of thiophene rings is 1. The predicted molar refractivity (Wildman–Crippen MR) is 89.8 cm³/mol. The molecule has 0 saturated heterocycles. The number of rotatable bonds is 6. The molecule has 0 saturated carbocycles. The predicted octanol–water partition coefficient (Wildman–Crippen LogP) is 5.56. The maximum Gasteiger partial charge on any atom is 0.123 e. The summed E-state index contributed by atoms with van der Waals surface area (Å²) in [6.07, 6.45) is 1.06. The van der Waals surface area contributed by atoms with Crippen molar-refractivity contribution in [2.75, 3.05) is 6.54 Å². The maximum atomic E-state index is 13.2. The van der Waals surface area contributed by atoms with Gasteiger partial charge in [0.15, 0.2) is 0 Å². The van der Waals surface area contributed by atoms with Crippen molar-refractivity contribution in [3.63, 3.8) is 0 Å². The van der Waals surface area contributed by atoms with E-state index in [1.807, 2.05) is 18.2 Å². The van der Waals surface area contributed by atoms with Crippen LogP contribution in [0.3, 0.4) is 0 Å². The van der Waals surface area contributed by atoms with E-state index >= 15 is 0 Å². The normalized spacial score (nSPS) is 13.4. The minimum atomic E-state index is -0.202. The number of hydrogen-bond acceptors (Lipinski definition) is 2. The molecule has 21 heavy (non-hydrogen) atoms. The van der Waals surface area contributed by atoms with Crippen LogP contribution in [0.2, 0.25) is 4.34 Å². The highest BCUT2D eigenvalue weighted by atomic mass is 35.5. The average molecular weight is 326 g/mol. The minimum absolute atomic E-state index is 0.153. The second-order valence-electron chi connectivity index (χ2n) is 5.76. The van der Waals surface area contributed by atoms with Crippen LogP contribution in [0.4, 0.5) is 4.39 Å². The van der Waals surface area contributed by atoms with Gasteiger partial charge in [-0.25, -0.2) is 4.39 Å². The summed E-state index contributed by atoms with van der Waals surface area (Å²) in [5, 5.41) is 3.61. The Bertz CT molecular complexity index is 577. The van der Waals surface area contributed by atoms with Gasteiger partial charge in [-0.3, -0.25) is 0 Å². The zero-order valence-corrected chi connectivity index (χ0v) is 14.2. The van der Waals surface area contributed by atoms with Crippen LogP contribution in [-0.2, 0) is 5.41 Å². The van der Waals surface area contributed by atoms with Crippen LogP contribution < -0.4 is 5.32 Å². The van der Waals surface area contributed by atoms with Gasteiger partial charge < -0.3 is 5.32 Å². The van der Waals surface area contributed by atoms with Crippen molar-refractivity contribution < 1.29 is 4.39 Å². The van der Waals surface area contributed by atoms with Gasteiger partial charge in [0, 0.05) is 10.3 Å². The molecule has 0 aliphatic carbocycles. The van der Waals surface area contributed by atoms with Crippen LogP contribution in [0.25, 0.3) is 0 Å².